The lowest BCUT2D eigenvalue weighted by atomic mass is 10.2. The summed E-state index contributed by atoms with van der Waals surface area (Å²) < 4.78 is 11.2. The van der Waals surface area contributed by atoms with Crippen LogP contribution in [0.4, 0.5) is 5.69 Å². The molecule has 0 spiro atoms. The van der Waals surface area contributed by atoms with E-state index in [2.05, 4.69) is 4.98 Å². The monoisotopic (exact) mass is 245 g/mol. The maximum atomic E-state index is 8.90. The maximum Gasteiger partial charge on any atom is 0.432 e. The molecule has 82 valence electrons. The van der Waals surface area contributed by atoms with Crippen LogP contribution in [0.2, 0.25) is 5.02 Å². The summed E-state index contributed by atoms with van der Waals surface area (Å²) in [5, 5.41) is 9.31. The van der Waals surface area contributed by atoms with Gasteiger partial charge in [-0.05, 0) is 12.1 Å². The van der Waals surface area contributed by atoms with Gasteiger partial charge in [0.1, 0.15) is 0 Å². The zero-order valence-electron chi connectivity index (χ0n) is 8.55. The van der Waals surface area contributed by atoms with Crippen molar-refractivity contribution in [1.82, 2.24) is 0 Å². The Morgan fingerprint density at radius 3 is 2.41 bits per heavy atom. The number of rotatable bonds is 0. The van der Waals surface area contributed by atoms with Crippen LogP contribution in [0, 0.1) is 5.39 Å². The predicted octanol–water partition coefficient (Wildman–Crippen LogP) is 4.72. The first-order valence-corrected chi connectivity index (χ1v) is 5.29. The number of halogens is 1. The van der Waals surface area contributed by atoms with E-state index in [1.165, 1.54) is 6.07 Å². The highest BCUT2D eigenvalue weighted by atomic mass is 35.5. The van der Waals surface area contributed by atoms with Crippen molar-refractivity contribution in [3.05, 3.63) is 46.4 Å². The average Bonchev–Trinajstić information content (AvgIpc) is 2.35. The van der Waals surface area contributed by atoms with Gasteiger partial charge in [-0.1, -0.05) is 23.7 Å². The summed E-state index contributed by atoms with van der Waals surface area (Å²) in [7, 11) is 0. The molecule has 4 nitrogen and oxygen atoms in total. The first kappa shape index (κ1) is 9.94. The lowest BCUT2D eigenvalue weighted by Crippen LogP contribution is -1.98. The topological polar surface area (TPSA) is 46.6 Å². The molecule has 0 amide bonds. The number of para-hydroxylation sites is 2. The Morgan fingerprint density at radius 1 is 1.00 bits per heavy atom. The highest BCUT2D eigenvalue weighted by molar-refractivity contribution is 6.31. The third-order valence-electron chi connectivity index (χ3n) is 2.39. The molecule has 0 fully saturated rings. The van der Waals surface area contributed by atoms with Gasteiger partial charge in [-0.25, -0.2) is 0 Å². The van der Waals surface area contributed by atoms with Gasteiger partial charge < -0.3 is 9.47 Å². The number of fused-ring (bicyclic) bond motifs is 2. The number of diazo groups is 1. The van der Waals surface area contributed by atoms with E-state index in [0.717, 1.165) is 0 Å². The van der Waals surface area contributed by atoms with Crippen molar-refractivity contribution in [1.29, 1.82) is 5.39 Å². The Morgan fingerprint density at radius 2 is 1.71 bits per heavy atom. The highest BCUT2D eigenvalue weighted by Crippen LogP contribution is 2.50. The van der Waals surface area contributed by atoms with E-state index < -0.39 is 0 Å². The minimum absolute atomic E-state index is 0.238. The Labute approximate surface area is 102 Å². The second kappa shape index (κ2) is 3.65. The molecule has 0 saturated carbocycles. The number of benzene rings is 2. The Bertz CT molecular complexity index is 649. The van der Waals surface area contributed by atoms with E-state index >= 15 is 0 Å². The summed E-state index contributed by atoms with van der Waals surface area (Å²) in [6, 6.07) is 10.3. The SMILES string of the molecule is N#[N+]c1cc(Cl)cc2c1Oc1ccccc1O2. The van der Waals surface area contributed by atoms with Crippen LogP contribution in [0.5, 0.6) is 23.0 Å². The molecule has 17 heavy (non-hydrogen) atoms. The van der Waals surface area contributed by atoms with Crippen molar-refractivity contribution in [2.24, 2.45) is 0 Å². The minimum atomic E-state index is 0.238. The molecule has 0 N–H and O–H groups in total. The van der Waals surface area contributed by atoms with Gasteiger partial charge in [0, 0.05) is 6.07 Å². The molecule has 5 heteroatoms. The third kappa shape index (κ3) is 1.57. The number of nitrogens with zero attached hydrogens (tertiary/aromatic N) is 2. The molecule has 2 aromatic carbocycles. The molecule has 2 aromatic rings. The molecule has 0 bridgehead atoms. The zero-order valence-corrected chi connectivity index (χ0v) is 9.31. The average molecular weight is 246 g/mol. The third-order valence-corrected chi connectivity index (χ3v) is 2.61. The quantitative estimate of drug-likeness (QED) is 0.538. The first-order valence-electron chi connectivity index (χ1n) is 4.91. The molecule has 0 aromatic heterocycles. The van der Waals surface area contributed by atoms with E-state index in [9.17, 15) is 0 Å². The van der Waals surface area contributed by atoms with Crippen LogP contribution in [0.3, 0.4) is 0 Å². The molecule has 1 aliphatic heterocycles. The van der Waals surface area contributed by atoms with Crippen LogP contribution in [-0.2, 0) is 0 Å². The van der Waals surface area contributed by atoms with Gasteiger partial charge in [-0.3, -0.25) is 0 Å². The molecule has 3 rings (SSSR count). The molecule has 0 radical (unpaired) electrons. The van der Waals surface area contributed by atoms with Crippen molar-refractivity contribution in [2.45, 2.75) is 0 Å². The van der Waals surface area contributed by atoms with Crippen molar-refractivity contribution in [3.63, 3.8) is 0 Å². The van der Waals surface area contributed by atoms with Gasteiger partial charge in [-0.15, -0.1) is 0 Å². The molecule has 0 atom stereocenters. The minimum Gasteiger partial charge on any atom is -0.449 e. The highest BCUT2D eigenvalue weighted by Gasteiger charge is 2.28. The van der Waals surface area contributed by atoms with Crippen LogP contribution in [-0.4, -0.2) is 0 Å². The first-order chi connectivity index (χ1) is 8.28. The van der Waals surface area contributed by atoms with Crippen molar-refractivity contribution in [2.75, 3.05) is 0 Å². The van der Waals surface area contributed by atoms with Crippen molar-refractivity contribution < 1.29 is 9.47 Å². The van der Waals surface area contributed by atoms with E-state index in [1.54, 1.807) is 18.2 Å². The lowest BCUT2D eigenvalue weighted by Gasteiger charge is -2.18. The summed E-state index contributed by atoms with van der Waals surface area (Å²) in [6.45, 7) is 0. The second-order valence-electron chi connectivity index (χ2n) is 3.50. The Balaban J connectivity index is 2.18. The van der Waals surface area contributed by atoms with Gasteiger partial charge in [0.15, 0.2) is 22.2 Å². The van der Waals surface area contributed by atoms with Crippen LogP contribution in [0.1, 0.15) is 0 Å². The van der Waals surface area contributed by atoms with Gasteiger partial charge in [0.2, 0.25) is 5.39 Å². The maximum absolute atomic E-state index is 8.90. The fourth-order valence-electron chi connectivity index (χ4n) is 1.65. The second-order valence-corrected chi connectivity index (χ2v) is 3.94. The van der Waals surface area contributed by atoms with Crippen molar-refractivity contribution in [3.8, 4) is 23.0 Å². The summed E-state index contributed by atoms with van der Waals surface area (Å²) in [5.74, 6) is 1.97. The Hall–Kier alpha value is -2.25. The summed E-state index contributed by atoms with van der Waals surface area (Å²) in [5.41, 5.74) is 0.238. The normalized spacial score (nSPS) is 11.5. The molecule has 0 unspecified atom stereocenters. The smallest absolute Gasteiger partial charge is 0.432 e. The van der Waals surface area contributed by atoms with Crippen LogP contribution in [0.15, 0.2) is 36.4 Å². The summed E-state index contributed by atoms with van der Waals surface area (Å²) in [4.78, 5) is 3.13. The van der Waals surface area contributed by atoms with Gasteiger partial charge in [0.05, 0.1) is 11.1 Å². The molecule has 1 heterocycles. The lowest BCUT2D eigenvalue weighted by molar-refractivity contribution is 0.361. The van der Waals surface area contributed by atoms with E-state index in [0.29, 0.717) is 28.0 Å². The van der Waals surface area contributed by atoms with E-state index in [-0.39, 0.29) is 5.69 Å². The van der Waals surface area contributed by atoms with Crippen LogP contribution < -0.4 is 9.47 Å². The standard InChI is InChI=1S/C12H6ClN2O2/c13-7-5-8(15-14)12-11(6-7)16-9-3-1-2-4-10(9)17-12/h1-6H/q+1. The molecule has 0 saturated heterocycles. The van der Waals surface area contributed by atoms with E-state index in [1.807, 2.05) is 12.1 Å². The summed E-state index contributed by atoms with van der Waals surface area (Å²) in [6.07, 6.45) is 0. The fourth-order valence-corrected chi connectivity index (χ4v) is 1.86. The molecule has 1 aliphatic rings. The number of hydrogen-bond acceptors (Lipinski definition) is 3. The molecular formula is C12H6ClN2O2+. The largest absolute Gasteiger partial charge is 0.449 e. The van der Waals surface area contributed by atoms with Gasteiger partial charge >= 0.3 is 5.69 Å². The van der Waals surface area contributed by atoms with Crippen molar-refractivity contribution >= 4 is 17.3 Å². The predicted molar refractivity (Wildman–Crippen MR) is 62.8 cm³/mol. The number of ether oxygens (including phenoxy) is 2. The van der Waals surface area contributed by atoms with Gasteiger partial charge in [-0.2, -0.15) is 0 Å². The zero-order chi connectivity index (χ0) is 11.8. The fraction of sp³-hybridized carbons (Fsp3) is 0. The van der Waals surface area contributed by atoms with Gasteiger partial charge in [0.25, 0.3) is 5.75 Å². The number of hydrogen-bond donors (Lipinski definition) is 0. The van der Waals surface area contributed by atoms with Crippen LogP contribution >= 0.6 is 11.6 Å². The molecule has 0 aliphatic carbocycles. The Kier molecular flexibility index (Phi) is 2.13. The molecular weight excluding hydrogens is 240 g/mol. The summed E-state index contributed by atoms with van der Waals surface area (Å²) >= 11 is 5.88. The van der Waals surface area contributed by atoms with Crippen LogP contribution in [0.25, 0.3) is 4.98 Å². The van der Waals surface area contributed by atoms with E-state index in [4.69, 9.17) is 26.5 Å².